The van der Waals surface area contributed by atoms with Crippen LogP contribution in [0.4, 0.5) is 5.69 Å². The molecule has 0 radical (unpaired) electrons. The Morgan fingerprint density at radius 3 is 2.39 bits per heavy atom. The highest BCUT2D eigenvalue weighted by Crippen LogP contribution is 2.24. The largest absolute Gasteiger partial charge is 0.339 e. The van der Waals surface area contributed by atoms with Crippen LogP contribution in [-0.2, 0) is 10.0 Å². The van der Waals surface area contributed by atoms with E-state index in [1.807, 2.05) is 32.9 Å². The van der Waals surface area contributed by atoms with Crippen molar-refractivity contribution < 1.29 is 13.2 Å². The maximum Gasteiger partial charge on any atom is 0.264 e. The highest BCUT2D eigenvalue weighted by Gasteiger charge is 2.19. The van der Waals surface area contributed by atoms with Crippen LogP contribution in [0.3, 0.4) is 0 Å². The lowest BCUT2D eigenvalue weighted by atomic mass is 10.2. The number of aryl methyl sites for hydroxylation is 1. The first-order valence-corrected chi connectivity index (χ1v) is 10.6. The van der Waals surface area contributed by atoms with E-state index in [2.05, 4.69) is 9.71 Å². The average Bonchev–Trinajstić information content (AvgIpc) is 2.68. The summed E-state index contributed by atoms with van der Waals surface area (Å²) in [4.78, 5) is 18.5. The van der Waals surface area contributed by atoms with E-state index < -0.39 is 10.0 Å². The summed E-state index contributed by atoms with van der Waals surface area (Å²) < 4.78 is 28.4. The number of para-hydroxylation sites is 1. The van der Waals surface area contributed by atoms with Crippen molar-refractivity contribution in [1.29, 1.82) is 0 Å². The maximum absolute atomic E-state index is 12.9. The van der Waals surface area contributed by atoms with Gasteiger partial charge in [-0.3, -0.25) is 14.5 Å². The highest BCUT2D eigenvalue weighted by atomic mass is 32.2. The monoisotopic (exact) mass is 397 g/mol. The van der Waals surface area contributed by atoms with E-state index >= 15 is 0 Å². The summed E-state index contributed by atoms with van der Waals surface area (Å²) in [6.45, 7) is 6.99. The van der Waals surface area contributed by atoms with Crippen LogP contribution in [0.1, 0.15) is 29.8 Å². The molecular formula is C21H23N3O3S. The fourth-order valence-electron chi connectivity index (χ4n) is 3.04. The number of pyridine rings is 1. The second kappa shape index (κ2) is 7.98. The molecule has 0 spiro atoms. The highest BCUT2D eigenvalue weighted by molar-refractivity contribution is 7.93. The number of hydrogen-bond donors (Lipinski definition) is 1. The van der Waals surface area contributed by atoms with Crippen molar-refractivity contribution in [3.8, 4) is 0 Å². The molecule has 28 heavy (non-hydrogen) atoms. The van der Waals surface area contributed by atoms with Gasteiger partial charge in [0.05, 0.1) is 5.52 Å². The number of benzene rings is 2. The first-order valence-electron chi connectivity index (χ1n) is 9.13. The quantitative estimate of drug-likeness (QED) is 0.686. The zero-order chi connectivity index (χ0) is 20.3. The Kier molecular flexibility index (Phi) is 5.65. The zero-order valence-corrected chi connectivity index (χ0v) is 17.0. The number of nitrogens with zero attached hydrogens (tertiary/aromatic N) is 2. The van der Waals surface area contributed by atoms with E-state index in [0.29, 0.717) is 29.9 Å². The van der Waals surface area contributed by atoms with E-state index in [-0.39, 0.29) is 10.8 Å². The minimum absolute atomic E-state index is 0.0759. The molecule has 1 aromatic heterocycles. The number of anilines is 1. The Bertz CT molecular complexity index is 1110. The summed E-state index contributed by atoms with van der Waals surface area (Å²) in [5.74, 6) is -0.0759. The topological polar surface area (TPSA) is 79.4 Å². The number of carbonyl (C=O) groups excluding carboxylic acids is 1. The first-order chi connectivity index (χ1) is 13.4. The van der Waals surface area contributed by atoms with Gasteiger partial charge in [-0.05, 0) is 62.7 Å². The molecule has 0 unspecified atom stereocenters. The molecule has 0 aliphatic rings. The molecule has 146 valence electrons. The SMILES string of the molecule is CCN(CC)C(=O)c1ccc(NS(=O)(=O)c2cccc3cc(C)cnc23)cc1. The number of rotatable bonds is 6. The first kappa shape index (κ1) is 19.8. The molecule has 3 rings (SSSR count). The second-order valence-electron chi connectivity index (χ2n) is 6.50. The van der Waals surface area contributed by atoms with Crippen LogP contribution in [0.15, 0.2) is 59.6 Å². The van der Waals surface area contributed by atoms with Gasteiger partial charge in [0.15, 0.2) is 0 Å². The Labute approximate surface area is 165 Å². The molecular weight excluding hydrogens is 374 g/mol. The Morgan fingerprint density at radius 2 is 1.75 bits per heavy atom. The number of sulfonamides is 1. The van der Waals surface area contributed by atoms with Gasteiger partial charge in [-0.2, -0.15) is 0 Å². The van der Waals surface area contributed by atoms with E-state index in [1.165, 1.54) is 6.07 Å². The summed E-state index contributed by atoms with van der Waals surface area (Å²) in [5, 5.41) is 0.767. The van der Waals surface area contributed by atoms with Crippen LogP contribution in [0.2, 0.25) is 0 Å². The Balaban J connectivity index is 1.88. The predicted octanol–water partition coefficient (Wildman–Crippen LogP) is 3.83. The van der Waals surface area contributed by atoms with Gasteiger partial charge in [-0.15, -0.1) is 0 Å². The van der Waals surface area contributed by atoms with E-state index in [4.69, 9.17) is 0 Å². The number of amides is 1. The molecule has 2 aromatic carbocycles. The van der Waals surface area contributed by atoms with Crippen molar-refractivity contribution in [2.45, 2.75) is 25.7 Å². The molecule has 3 aromatic rings. The standard InChI is InChI=1S/C21H23N3O3S/c1-4-24(5-2)21(25)16-9-11-18(12-10-16)23-28(26,27)19-8-6-7-17-13-15(3)14-22-20(17)19/h6-14,23H,4-5H2,1-3H3. The van der Waals surface area contributed by atoms with Gasteiger partial charge in [0.25, 0.3) is 15.9 Å². The summed E-state index contributed by atoms with van der Waals surface area (Å²) in [5.41, 5.74) is 2.30. The molecule has 0 aliphatic heterocycles. The van der Waals surface area contributed by atoms with Crippen LogP contribution in [-0.4, -0.2) is 37.3 Å². The van der Waals surface area contributed by atoms with Crippen molar-refractivity contribution in [2.24, 2.45) is 0 Å². The minimum Gasteiger partial charge on any atom is -0.339 e. The predicted molar refractivity (Wildman–Crippen MR) is 111 cm³/mol. The lowest BCUT2D eigenvalue weighted by Crippen LogP contribution is -2.30. The van der Waals surface area contributed by atoms with Crippen LogP contribution < -0.4 is 4.72 Å². The van der Waals surface area contributed by atoms with Crippen LogP contribution in [0.25, 0.3) is 10.9 Å². The number of nitrogens with one attached hydrogen (secondary N) is 1. The number of fused-ring (bicyclic) bond motifs is 1. The van der Waals surface area contributed by atoms with Crippen LogP contribution in [0, 0.1) is 6.92 Å². The molecule has 0 saturated heterocycles. The molecule has 0 aliphatic carbocycles. The zero-order valence-electron chi connectivity index (χ0n) is 16.1. The summed E-state index contributed by atoms with van der Waals surface area (Å²) in [6.07, 6.45) is 1.65. The smallest absolute Gasteiger partial charge is 0.264 e. The van der Waals surface area contributed by atoms with Crippen molar-refractivity contribution in [3.05, 3.63) is 65.9 Å². The van der Waals surface area contributed by atoms with Crippen molar-refractivity contribution in [1.82, 2.24) is 9.88 Å². The molecule has 0 saturated carbocycles. The third-order valence-electron chi connectivity index (χ3n) is 4.53. The molecule has 0 atom stereocenters. The number of aromatic nitrogens is 1. The second-order valence-corrected chi connectivity index (χ2v) is 8.15. The van der Waals surface area contributed by atoms with Gasteiger partial charge < -0.3 is 4.90 Å². The van der Waals surface area contributed by atoms with Gasteiger partial charge in [0, 0.05) is 35.9 Å². The van der Waals surface area contributed by atoms with Crippen molar-refractivity contribution in [3.63, 3.8) is 0 Å². The summed E-state index contributed by atoms with van der Waals surface area (Å²) in [6, 6.07) is 13.4. The Hall–Kier alpha value is -2.93. The normalized spacial score (nSPS) is 11.4. The minimum atomic E-state index is -3.82. The molecule has 1 N–H and O–H groups in total. The van der Waals surface area contributed by atoms with Gasteiger partial charge in [0.1, 0.15) is 4.90 Å². The number of hydrogen-bond acceptors (Lipinski definition) is 4. The van der Waals surface area contributed by atoms with Gasteiger partial charge in [-0.1, -0.05) is 12.1 Å². The molecule has 1 heterocycles. The molecule has 0 fully saturated rings. The van der Waals surface area contributed by atoms with E-state index in [9.17, 15) is 13.2 Å². The fraction of sp³-hybridized carbons (Fsp3) is 0.238. The van der Waals surface area contributed by atoms with Gasteiger partial charge in [0.2, 0.25) is 0 Å². The van der Waals surface area contributed by atoms with Crippen molar-refractivity contribution >= 4 is 32.5 Å². The Morgan fingerprint density at radius 1 is 1.07 bits per heavy atom. The van der Waals surface area contributed by atoms with Crippen LogP contribution >= 0.6 is 0 Å². The lowest BCUT2D eigenvalue weighted by Gasteiger charge is -2.18. The summed E-state index contributed by atoms with van der Waals surface area (Å²) >= 11 is 0. The van der Waals surface area contributed by atoms with E-state index in [0.717, 1.165) is 10.9 Å². The lowest BCUT2D eigenvalue weighted by molar-refractivity contribution is 0.0773. The van der Waals surface area contributed by atoms with E-state index in [1.54, 1.807) is 41.4 Å². The molecule has 7 heteroatoms. The third-order valence-corrected chi connectivity index (χ3v) is 5.95. The number of carbonyl (C=O) groups is 1. The molecule has 6 nitrogen and oxygen atoms in total. The molecule has 0 bridgehead atoms. The average molecular weight is 398 g/mol. The summed E-state index contributed by atoms with van der Waals surface area (Å²) in [7, 11) is -3.82. The molecule has 1 amide bonds. The van der Waals surface area contributed by atoms with Gasteiger partial charge in [-0.25, -0.2) is 8.42 Å². The van der Waals surface area contributed by atoms with Gasteiger partial charge >= 0.3 is 0 Å². The third kappa shape index (κ3) is 3.99. The van der Waals surface area contributed by atoms with Crippen molar-refractivity contribution in [2.75, 3.05) is 17.8 Å². The van der Waals surface area contributed by atoms with Crippen LogP contribution in [0.5, 0.6) is 0 Å². The fourth-order valence-corrected chi connectivity index (χ4v) is 4.28. The maximum atomic E-state index is 12.9.